The minimum absolute atomic E-state index is 0.0192. The summed E-state index contributed by atoms with van der Waals surface area (Å²) < 4.78 is 0. The van der Waals surface area contributed by atoms with Gasteiger partial charge >= 0.3 is 5.97 Å². The van der Waals surface area contributed by atoms with E-state index in [2.05, 4.69) is 0 Å². The van der Waals surface area contributed by atoms with Crippen LogP contribution in [0.25, 0.3) is 0 Å². The van der Waals surface area contributed by atoms with Gasteiger partial charge < -0.3 is 10.0 Å². The van der Waals surface area contributed by atoms with Crippen molar-refractivity contribution in [3.8, 4) is 0 Å². The average molecular weight is 231 g/mol. The van der Waals surface area contributed by atoms with Gasteiger partial charge in [-0.1, -0.05) is 6.92 Å². The summed E-state index contributed by atoms with van der Waals surface area (Å²) in [4.78, 5) is 24.3. The SMILES string of the molecule is CSCC(C)C(=O)N1CCC[C@H]1C(=O)O. The first-order valence-electron chi connectivity index (χ1n) is 5.10. The molecule has 1 unspecified atom stereocenters. The number of carbonyl (C=O) groups is 2. The number of nitrogens with zero attached hydrogens (tertiary/aromatic N) is 1. The number of carboxylic acid groups (broad SMARTS) is 1. The third-order valence-electron chi connectivity index (χ3n) is 2.66. The van der Waals surface area contributed by atoms with Gasteiger partial charge in [0.1, 0.15) is 6.04 Å². The van der Waals surface area contributed by atoms with Gasteiger partial charge in [-0.2, -0.15) is 11.8 Å². The molecule has 4 nitrogen and oxygen atoms in total. The molecule has 1 heterocycles. The molecule has 1 fully saturated rings. The number of carboxylic acids is 1. The van der Waals surface area contributed by atoms with Crippen molar-refractivity contribution in [3.63, 3.8) is 0 Å². The summed E-state index contributed by atoms with van der Waals surface area (Å²) in [5.41, 5.74) is 0. The van der Waals surface area contributed by atoms with Gasteiger partial charge in [0.15, 0.2) is 0 Å². The van der Waals surface area contributed by atoms with Crippen LogP contribution in [-0.2, 0) is 9.59 Å². The highest BCUT2D eigenvalue weighted by molar-refractivity contribution is 7.98. The van der Waals surface area contributed by atoms with E-state index in [1.54, 1.807) is 11.8 Å². The first-order chi connectivity index (χ1) is 7.07. The van der Waals surface area contributed by atoms with E-state index in [9.17, 15) is 9.59 Å². The normalized spacial score (nSPS) is 22.8. The fraction of sp³-hybridized carbons (Fsp3) is 0.800. The van der Waals surface area contributed by atoms with Gasteiger partial charge in [-0.3, -0.25) is 4.79 Å². The molecule has 1 saturated heterocycles. The highest BCUT2D eigenvalue weighted by atomic mass is 32.2. The molecular formula is C10H17NO3S. The Balaban J connectivity index is 2.62. The molecule has 2 atom stereocenters. The van der Waals surface area contributed by atoms with Crippen LogP contribution < -0.4 is 0 Å². The lowest BCUT2D eigenvalue weighted by atomic mass is 10.1. The summed E-state index contributed by atoms with van der Waals surface area (Å²) in [5.74, 6) is -0.229. The van der Waals surface area contributed by atoms with Crippen LogP contribution in [0.4, 0.5) is 0 Å². The molecule has 0 bridgehead atoms. The van der Waals surface area contributed by atoms with Gasteiger partial charge in [0.2, 0.25) is 5.91 Å². The monoisotopic (exact) mass is 231 g/mol. The maximum atomic E-state index is 11.9. The van der Waals surface area contributed by atoms with Crippen molar-refractivity contribution in [1.29, 1.82) is 0 Å². The Labute approximate surface area is 94.0 Å². The fourth-order valence-corrected chi connectivity index (χ4v) is 2.53. The van der Waals surface area contributed by atoms with E-state index < -0.39 is 12.0 Å². The molecule has 5 heteroatoms. The van der Waals surface area contributed by atoms with E-state index in [1.807, 2.05) is 13.2 Å². The Morgan fingerprint density at radius 1 is 1.60 bits per heavy atom. The predicted octanol–water partition coefficient (Wildman–Crippen LogP) is 1.06. The number of thioether (sulfide) groups is 1. The van der Waals surface area contributed by atoms with Crippen molar-refractivity contribution >= 4 is 23.6 Å². The molecule has 15 heavy (non-hydrogen) atoms. The summed E-state index contributed by atoms with van der Waals surface area (Å²) >= 11 is 1.61. The molecular weight excluding hydrogens is 214 g/mol. The molecule has 1 amide bonds. The van der Waals surface area contributed by atoms with Gasteiger partial charge in [-0.15, -0.1) is 0 Å². The molecule has 1 N–H and O–H groups in total. The van der Waals surface area contributed by atoms with Crippen LogP contribution in [-0.4, -0.2) is 46.5 Å². The minimum Gasteiger partial charge on any atom is -0.480 e. The molecule has 1 aliphatic rings. The first kappa shape index (κ1) is 12.4. The summed E-state index contributed by atoms with van der Waals surface area (Å²) in [6.07, 6.45) is 3.34. The second-order valence-electron chi connectivity index (χ2n) is 3.88. The molecule has 0 saturated carbocycles. The second-order valence-corrected chi connectivity index (χ2v) is 4.79. The van der Waals surface area contributed by atoms with Crippen LogP contribution in [0, 0.1) is 5.92 Å². The summed E-state index contributed by atoms with van der Waals surface area (Å²) in [6.45, 7) is 2.45. The first-order valence-corrected chi connectivity index (χ1v) is 6.49. The average Bonchev–Trinajstić information content (AvgIpc) is 2.65. The molecule has 0 spiro atoms. The Morgan fingerprint density at radius 2 is 2.27 bits per heavy atom. The summed E-state index contributed by atoms with van der Waals surface area (Å²) in [5, 5.41) is 8.95. The van der Waals surface area contributed by atoms with Crippen molar-refractivity contribution < 1.29 is 14.7 Å². The lowest BCUT2D eigenvalue weighted by Crippen LogP contribution is -2.43. The topological polar surface area (TPSA) is 57.6 Å². The van der Waals surface area contributed by atoms with E-state index in [0.717, 1.165) is 12.2 Å². The number of hydrogen-bond donors (Lipinski definition) is 1. The maximum absolute atomic E-state index is 11.9. The quantitative estimate of drug-likeness (QED) is 0.786. The molecule has 86 valence electrons. The van der Waals surface area contributed by atoms with Crippen molar-refractivity contribution in [2.24, 2.45) is 5.92 Å². The van der Waals surface area contributed by atoms with E-state index in [0.29, 0.717) is 13.0 Å². The number of amides is 1. The minimum atomic E-state index is -0.878. The van der Waals surface area contributed by atoms with Gasteiger partial charge in [0, 0.05) is 18.2 Å². The Hall–Kier alpha value is -0.710. The maximum Gasteiger partial charge on any atom is 0.326 e. The van der Waals surface area contributed by atoms with Crippen molar-refractivity contribution in [3.05, 3.63) is 0 Å². The van der Waals surface area contributed by atoms with Crippen LogP contribution in [0.1, 0.15) is 19.8 Å². The van der Waals surface area contributed by atoms with E-state index in [1.165, 1.54) is 4.90 Å². The summed E-state index contributed by atoms with van der Waals surface area (Å²) in [6, 6.07) is -0.596. The molecule has 0 aliphatic carbocycles. The summed E-state index contributed by atoms with van der Waals surface area (Å²) in [7, 11) is 0. The van der Waals surface area contributed by atoms with Crippen molar-refractivity contribution in [1.82, 2.24) is 4.90 Å². The van der Waals surface area contributed by atoms with Crippen molar-refractivity contribution in [2.45, 2.75) is 25.8 Å². The zero-order chi connectivity index (χ0) is 11.4. The lowest BCUT2D eigenvalue weighted by molar-refractivity contribution is -0.149. The smallest absolute Gasteiger partial charge is 0.326 e. The van der Waals surface area contributed by atoms with Crippen molar-refractivity contribution in [2.75, 3.05) is 18.6 Å². The molecule has 0 aromatic heterocycles. The van der Waals surface area contributed by atoms with Crippen LogP contribution in [0.5, 0.6) is 0 Å². The Bertz CT molecular complexity index is 257. The number of carbonyl (C=O) groups excluding carboxylic acids is 1. The van der Waals surface area contributed by atoms with Gasteiger partial charge in [-0.05, 0) is 19.1 Å². The van der Waals surface area contributed by atoms with Crippen LogP contribution in [0.3, 0.4) is 0 Å². The second kappa shape index (κ2) is 5.39. The van der Waals surface area contributed by atoms with E-state index >= 15 is 0 Å². The zero-order valence-corrected chi connectivity index (χ0v) is 9.92. The number of hydrogen-bond acceptors (Lipinski definition) is 3. The van der Waals surface area contributed by atoms with E-state index in [4.69, 9.17) is 5.11 Å². The van der Waals surface area contributed by atoms with E-state index in [-0.39, 0.29) is 11.8 Å². The molecule has 1 rings (SSSR count). The fourth-order valence-electron chi connectivity index (χ4n) is 1.89. The predicted molar refractivity (Wildman–Crippen MR) is 59.9 cm³/mol. The largest absolute Gasteiger partial charge is 0.480 e. The lowest BCUT2D eigenvalue weighted by Gasteiger charge is -2.24. The highest BCUT2D eigenvalue weighted by Crippen LogP contribution is 2.21. The van der Waals surface area contributed by atoms with Crippen LogP contribution in [0.15, 0.2) is 0 Å². The molecule has 1 aliphatic heterocycles. The van der Waals surface area contributed by atoms with Gasteiger partial charge in [0.25, 0.3) is 0 Å². The molecule has 0 radical (unpaired) electrons. The third-order valence-corrected chi connectivity index (χ3v) is 3.49. The number of likely N-dealkylation sites (tertiary alicyclic amines) is 1. The third kappa shape index (κ3) is 2.87. The van der Waals surface area contributed by atoms with Gasteiger partial charge in [0.05, 0.1) is 0 Å². The standard InChI is InChI=1S/C10H17NO3S/c1-7(6-15-2)9(12)11-5-3-4-8(11)10(13)14/h7-8H,3-6H2,1-2H3,(H,13,14)/t7?,8-/m0/s1. The van der Waals surface area contributed by atoms with Crippen LogP contribution in [0.2, 0.25) is 0 Å². The molecule has 0 aromatic rings. The Morgan fingerprint density at radius 3 is 2.80 bits per heavy atom. The zero-order valence-electron chi connectivity index (χ0n) is 9.10. The number of aliphatic carboxylic acids is 1. The molecule has 0 aromatic carbocycles. The highest BCUT2D eigenvalue weighted by Gasteiger charge is 2.35. The van der Waals surface area contributed by atoms with Crippen LogP contribution >= 0.6 is 11.8 Å². The Kier molecular flexibility index (Phi) is 4.45. The van der Waals surface area contributed by atoms with Gasteiger partial charge in [-0.25, -0.2) is 4.79 Å². The number of rotatable bonds is 4.